The first kappa shape index (κ1) is 20.0. The topological polar surface area (TPSA) is 99.0 Å². The molecule has 156 valence electrons. The SMILES string of the molecule is C[C@H](N)CN1CCN(Cc2ccc3c(c2)C(=O)N(C2CCC(=O)NC2=O)C3)CC1. The lowest BCUT2D eigenvalue weighted by molar-refractivity contribution is -0.136. The van der Waals surface area contributed by atoms with Crippen LogP contribution in [0, 0.1) is 0 Å². The quantitative estimate of drug-likeness (QED) is 0.672. The number of nitrogens with one attached hydrogen (secondary N) is 1. The number of carbonyl (C=O) groups excluding carboxylic acids is 3. The third-order valence-electron chi connectivity index (χ3n) is 6.01. The average Bonchev–Trinajstić information content (AvgIpc) is 2.99. The van der Waals surface area contributed by atoms with Gasteiger partial charge in [0.25, 0.3) is 5.91 Å². The fourth-order valence-electron chi connectivity index (χ4n) is 4.50. The van der Waals surface area contributed by atoms with Gasteiger partial charge in [0.1, 0.15) is 6.04 Å². The highest BCUT2D eigenvalue weighted by molar-refractivity contribution is 6.05. The van der Waals surface area contributed by atoms with Gasteiger partial charge in [-0.3, -0.25) is 29.5 Å². The van der Waals surface area contributed by atoms with Crippen LogP contribution in [0.4, 0.5) is 0 Å². The van der Waals surface area contributed by atoms with Crippen LogP contribution in [-0.2, 0) is 22.7 Å². The zero-order valence-corrected chi connectivity index (χ0v) is 16.9. The van der Waals surface area contributed by atoms with Gasteiger partial charge in [-0.15, -0.1) is 0 Å². The second-order valence-corrected chi connectivity index (χ2v) is 8.45. The predicted octanol–water partition coefficient (Wildman–Crippen LogP) is -0.0876. The van der Waals surface area contributed by atoms with Crippen molar-refractivity contribution < 1.29 is 14.4 Å². The van der Waals surface area contributed by atoms with Gasteiger partial charge in [-0.1, -0.05) is 12.1 Å². The summed E-state index contributed by atoms with van der Waals surface area (Å²) in [5, 5.41) is 2.34. The molecule has 3 aliphatic rings. The van der Waals surface area contributed by atoms with E-state index in [1.54, 1.807) is 4.90 Å². The summed E-state index contributed by atoms with van der Waals surface area (Å²) in [4.78, 5) is 42.9. The van der Waals surface area contributed by atoms with Gasteiger partial charge in [0.05, 0.1) is 0 Å². The van der Waals surface area contributed by atoms with E-state index in [0.29, 0.717) is 18.5 Å². The summed E-state index contributed by atoms with van der Waals surface area (Å²) in [6.07, 6.45) is 0.666. The van der Waals surface area contributed by atoms with Crippen molar-refractivity contribution >= 4 is 17.7 Å². The highest BCUT2D eigenvalue weighted by Crippen LogP contribution is 2.28. The highest BCUT2D eigenvalue weighted by Gasteiger charge is 2.39. The number of benzene rings is 1. The molecular weight excluding hydrogens is 370 g/mol. The minimum Gasteiger partial charge on any atom is -0.327 e. The maximum atomic E-state index is 12.9. The Morgan fingerprint density at radius 1 is 1.14 bits per heavy atom. The van der Waals surface area contributed by atoms with Crippen LogP contribution in [0.25, 0.3) is 0 Å². The number of piperidine rings is 1. The molecule has 3 heterocycles. The van der Waals surface area contributed by atoms with Crippen molar-refractivity contribution in [3.63, 3.8) is 0 Å². The number of nitrogens with zero attached hydrogens (tertiary/aromatic N) is 3. The smallest absolute Gasteiger partial charge is 0.255 e. The van der Waals surface area contributed by atoms with Crippen molar-refractivity contribution in [2.75, 3.05) is 32.7 Å². The summed E-state index contributed by atoms with van der Waals surface area (Å²) < 4.78 is 0. The predicted molar refractivity (Wildman–Crippen MR) is 108 cm³/mol. The molecule has 0 bridgehead atoms. The molecule has 4 rings (SSSR count). The number of hydrogen-bond donors (Lipinski definition) is 2. The number of rotatable bonds is 5. The summed E-state index contributed by atoms with van der Waals surface area (Å²) in [7, 11) is 0. The van der Waals surface area contributed by atoms with Crippen LogP contribution in [0.3, 0.4) is 0 Å². The van der Waals surface area contributed by atoms with E-state index in [0.717, 1.165) is 50.4 Å². The molecule has 29 heavy (non-hydrogen) atoms. The van der Waals surface area contributed by atoms with Gasteiger partial charge in [0.15, 0.2) is 0 Å². The lowest BCUT2D eigenvalue weighted by atomic mass is 10.0. The summed E-state index contributed by atoms with van der Waals surface area (Å²) in [5.41, 5.74) is 8.64. The molecule has 1 aromatic rings. The molecule has 0 aromatic heterocycles. The Labute approximate surface area is 171 Å². The molecule has 2 atom stereocenters. The largest absolute Gasteiger partial charge is 0.327 e. The van der Waals surface area contributed by atoms with Gasteiger partial charge < -0.3 is 10.6 Å². The number of fused-ring (bicyclic) bond motifs is 1. The van der Waals surface area contributed by atoms with Gasteiger partial charge >= 0.3 is 0 Å². The minimum absolute atomic E-state index is 0.113. The number of hydrogen-bond acceptors (Lipinski definition) is 6. The molecule has 2 saturated heterocycles. The van der Waals surface area contributed by atoms with E-state index in [1.165, 1.54) is 0 Å². The number of piperazine rings is 1. The van der Waals surface area contributed by atoms with Crippen LogP contribution in [0.15, 0.2) is 18.2 Å². The zero-order valence-electron chi connectivity index (χ0n) is 16.9. The molecule has 8 nitrogen and oxygen atoms in total. The van der Waals surface area contributed by atoms with E-state index >= 15 is 0 Å². The van der Waals surface area contributed by atoms with Crippen LogP contribution >= 0.6 is 0 Å². The van der Waals surface area contributed by atoms with Gasteiger partial charge in [-0.25, -0.2) is 0 Å². The van der Waals surface area contributed by atoms with Gasteiger partial charge in [-0.2, -0.15) is 0 Å². The van der Waals surface area contributed by atoms with Crippen molar-refractivity contribution in [2.24, 2.45) is 5.73 Å². The normalized spacial score (nSPS) is 24.6. The maximum Gasteiger partial charge on any atom is 0.255 e. The lowest BCUT2D eigenvalue weighted by Crippen LogP contribution is -2.52. The summed E-state index contributed by atoms with van der Waals surface area (Å²) in [5.74, 6) is -0.746. The monoisotopic (exact) mass is 399 g/mol. The fraction of sp³-hybridized carbons (Fsp3) is 0.571. The number of nitrogens with two attached hydrogens (primary N) is 1. The van der Waals surface area contributed by atoms with Gasteiger partial charge in [-0.05, 0) is 30.5 Å². The van der Waals surface area contributed by atoms with Crippen LogP contribution in [-0.4, -0.2) is 77.2 Å². The third-order valence-corrected chi connectivity index (χ3v) is 6.01. The molecule has 0 radical (unpaired) electrons. The second-order valence-electron chi connectivity index (χ2n) is 8.45. The Kier molecular flexibility index (Phi) is 5.67. The van der Waals surface area contributed by atoms with Crippen LogP contribution in [0.2, 0.25) is 0 Å². The van der Waals surface area contributed by atoms with Crippen LogP contribution < -0.4 is 11.1 Å². The molecule has 1 unspecified atom stereocenters. The van der Waals surface area contributed by atoms with E-state index in [2.05, 4.69) is 21.2 Å². The van der Waals surface area contributed by atoms with Crippen molar-refractivity contribution in [3.8, 4) is 0 Å². The van der Waals surface area contributed by atoms with Gasteiger partial charge in [0.2, 0.25) is 11.8 Å². The fourth-order valence-corrected chi connectivity index (χ4v) is 4.50. The molecule has 0 saturated carbocycles. The molecule has 3 amide bonds. The van der Waals surface area contributed by atoms with E-state index in [1.807, 2.05) is 19.1 Å². The minimum atomic E-state index is -0.561. The summed E-state index contributed by atoms with van der Waals surface area (Å²) in [6.45, 7) is 8.19. The first-order chi connectivity index (χ1) is 13.9. The average molecular weight is 399 g/mol. The zero-order chi connectivity index (χ0) is 20.5. The maximum absolute atomic E-state index is 12.9. The standard InChI is InChI=1S/C21H29N5O3/c1-14(22)11-24-6-8-25(9-7-24)12-15-2-3-16-13-26(21(29)17(16)10-15)18-4-5-19(27)23-20(18)28/h2-3,10,14,18H,4-9,11-13,22H2,1H3,(H,23,27,28)/t14-,18?/m0/s1. The Balaban J connectivity index is 1.38. The molecule has 2 fully saturated rings. The second kappa shape index (κ2) is 8.22. The number of imide groups is 1. The number of carbonyl (C=O) groups is 3. The molecule has 0 aliphatic carbocycles. The Hall–Kier alpha value is -2.29. The molecule has 3 N–H and O–H groups in total. The Morgan fingerprint density at radius 3 is 2.55 bits per heavy atom. The van der Waals surface area contributed by atoms with E-state index in [9.17, 15) is 14.4 Å². The molecule has 8 heteroatoms. The first-order valence-electron chi connectivity index (χ1n) is 10.4. The van der Waals surface area contributed by atoms with Crippen LogP contribution in [0.1, 0.15) is 41.3 Å². The summed E-state index contributed by atoms with van der Waals surface area (Å²) >= 11 is 0. The van der Waals surface area contributed by atoms with Crippen molar-refractivity contribution in [2.45, 2.75) is 44.9 Å². The van der Waals surface area contributed by atoms with E-state index in [4.69, 9.17) is 5.73 Å². The Bertz CT molecular complexity index is 817. The highest BCUT2D eigenvalue weighted by atomic mass is 16.2. The van der Waals surface area contributed by atoms with E-state index in [-0.39, 0.29) is 30.2 Å². The Morgan fingerprint density at radius 2 is 1.86 bits per heavy atom. The molecular formula is C21H29N5O3. The van der Waals surface area contributed by atoms with Crippen LogP contribution in [0.5, 0.6) is 0 Å². The van der Waals surface area contributed by atoms with Gasteiger partial charge in [0, 0.05) is 63.8 Å². The first-order valence-corrected chi connectivity index (χ1v) is 10.4. The number of amides is 3. The molecule has 0 spiro atoms. The van der Waals surface area contributed by atoms with Crippen molar-refractivity contribution in [1.29, 1.82) is 0 Å². The third kappa shape index (κ3) is 4.34. The summed E-state index contributed by atoms with van der Waals surface area (Å²) in [6, 6.07) is 5.68. The van der Waals surface area contributed by atoms with Crippen molar-refractivity contribution in [3.05, 3.63) is 34.9 Å². The van der Waals surface area contributed by atoms with Crippen molar-refractivity contribution in [1.82, 2.24) is 20.0 Å². The lowest BCUT2D eigenvalue weighted by Gasteiger charge is -2.35. The molecule has 1 aromatic carbocycles. The molecule has 3 aliphatic heterocycles. The van der Waals surface area contributed by atoms with E-state index < -0.39 is 6.04 Å².